The van der Waals surface area contributed by atoms with E-state index < -0.39 is 0 Å². The first-order valence-corrected chi connectivity index (χ1v) is 13.0. The summed E-state index contributed by atoms with van der Waals surface area (Å²) in [5.74, 6) is 5.77. The average molecular weight is 387 g/mol. The van der Waals surface area contributed by atoms with Crippen molar-refractivity contribution >= 4 is 0 Å². The Balaban J connectivity index is 1.32. The van der Waals surface area contributed by atoms with Gasteiger partial charge in [0.15, 0.2) is 0 Å². The number of hydrogen-bond acceptors (Lipinski definition) is 1. The van der Waals surface area contributed by atoms with Crippen LogP contribution in [0.2, 0.25) is 0 Å². The molecule has 1 spiro atoms. The second-order valence-electron chi connectivity index (χ2n) is 12.8. The van der Waals surface area contributed by atoms with E-state index in [0.717, 1.165) is 35.5 Å². The maximum Gasteiger partial charge on any atom is 0.100 e. The van der Waals surface area contributed by atoms with Crippen molar-refractivity contribution in [2.45, 2.75) is 123 Å². The van der Waals surface area contributed by atoms with Gasteiger partial charge in [-0.25, -0.2) is 0 Å². The topological polar surface area (TPSA) is 12.5 Å². The largest absolute Gasteiger partial charge is 0.365 e. The first kappa shape index (κ1) is 19.9. The van der Waals surface area contributed by atoms with E-state index >= 15 is 0 Å². The molecule has 0 unspecified atom stereocenters. The van der Waals surface area contributed by atoms with Crippen LogP contribution in [0.1, 0.15) is 112 Å². The minimum Gasteiger partial charge on any atom is -0.365 e. The average Bonchev–Trinajstić information content (AvgIpc) is 3.26. The van der Waals surface area contributed by atoms with Gasteiger partial charge in [-0.1, -0.05) is 60.3 Å². The molecule has 5 fully saturated rings. The molecule has 1 saturated heterocycles. The van der Waals surface area contributed by atoms with E-state index in [0.29, 0.717) is 22.5 Å². The van der Waals surface area contributed by atoms with Gasteiger partial charge in [-0.3, -0.25) is 0 Å². The number of rotatable bonds is 5. The molecule has 5 rings (SSSR count). The Hall–Kier alpha value is -0.0400. The van der Waals surface area contributed by atoms with Crippen LogP contribution in [0, 0.1) is 46.3 Å². The predicted molar refractivity (Wildman–Crippen MR) is 117 cm³/mol. The van der Waals surface area contributed by atoms with E-state index in [1.807, 2.05) is 0 Å². The van der Waals surface area contributed by atoms with Crippen molar-refractivity contribution in [2.24, 2.45) is 46.3 Å². The smallest absolute Gasteiger partial charge is 0.100 e. The van der Waals surface area contributed by atoms with Gasteiger partial charge in [0.2, 0.25) is 0 Å². The molecular weight excluding hydrogens is 340 g/mol. The van der Waals surface area contributed by atoms with Crippen molar-refractivity contribution in [2.75, 3.05) is 0 Å². The molecule has 1 aliphatic heterocycles. The number of hydrogen-bond donors (Lipinski definition) is 0. The summed E-state index contributed by atoms with van der Waals surface area (Å²) in [4.78, 5) is 0. The highest BCUT2D eigenvalue weighted by molar-refractivity contribution is 5.22. The zero-order chi connectivity index (χ0) is 19.7. The van der Waals surface area contributed by atoms with E-state index in [9.17, 15) is 0 Å². The molecule has 28 heavy (non-hydrogen) atoms. The number of ether oxygens (including phenoxy) is 1. The van der Waals surface area contributed by atoms with Crippen LogP contribution >= 0.6 is 0 Å². The van der Waals surface area contributed by atoms with Crippen molar-refractivity contribution in [1.82, 2.24) is 0 Å². The lowest BCUT2D eigenvalue weighted by molar-refractivity contribution is -0.115. The summed E-state index contributed by atoms with van der Waals surface area (Å²) in [7, 11) is 0. The second-order valence-corrected chi connectivity index (χ2v) is 12.8. The summed E-state index contributed by atoms with van der Waals surface area (Å²) in [6.07, 6.45) is 18.1. The summed E-state index contributed by atoms with van der Waals surface area (Å²) in [5.41, 5.74) is 1.46. The number of fused-ring (bicyclic) bond motifs is 4. The van der Waals surface area contributed by atoms with Crippen LogP contribution in [0.3, 0.4) is 0 Å². The minimum atomic E-state index is 0.322. The third-order valence-corrected chi connectivity index (χ3v) is 11.3. The third kappa shape index (κ3) is 2.66. The van der Waals surface area contributed by atoms with Gasteiger partial charge in [-0.05, 0) is 92.3 Å². The maximum atomic E-state index is 6.48. The second kappa shape index (κ2) is 6.73. The number of epoxide rings is 1. The van der Waals surface area contributed by atoms with Gasteiger partial charge in [0.25, 0.3) is 0 Å². The predicted octanol–water partition coefficient (Wildman–Crippen LogP) is 7.63. The molecule has 4 saturated carbocycles. The molecule has 0 N–H and O–H groups in total. The molecule has 0 aromatic rings. The van der Waals surface area contributed by atoms with Gasteiger partial charge in [-0.2, -0.15) is 0 Å². The summed E-state index contributed by atoms with van der Waals surface area (Å²) in [6, 6.07) is 0. The first-order chi connectivity index (χ1) is 13.3. The summed E-state index contributed by atoms with van der Waals surface area (Å²) >= 11 is 0. The molecule has 5 aliphatic rings. The molecule has 1 heterocycles. The zero-order valence-electron chi connectivity index (χ0n) is 19.4. The lowest BCUT2D eigenvalue weighted by Gasteiger charge is -2.60. The van der Waals surface area contributed by atoms with Crippen molar-refractivity contribution in [3.8, 4) is 0 Å². The Morgan fingerprint density at radius 2 is 1.68 bits per heavy atom. The summed E-state index contributed by atoms with van der Waals surface area (Å²) < 4.78 is 6.48. The van der Waals surface area contributed by atoms with Crippen molar-refractivity contribution in [3.05, 3.63) is 0 Å². The van der Waals surface area contributed by atoms with Gasteiger partial charge in [0, 0.05) is 5.41 Å². The summed E-state index contributed by atoms with van der Waals surface area (Å²) in [5, 5.41) is 0. The van der Waals surface area contributed by atoms with Crippen LogP contribution in [-0.2, 0) is 4.74 Å². The Labute approximate surface area is 174 Å². The molecule has 4 aliphatic carbocycles. The molecule has 0 bridgehead atoms. The Bertz CT molecular complexity index is 597. The third-order valence-electron chi connectivity index (χ3n) is 11.3. The molecular formula is C27H46O. The van der Waals surface area contributed by atoms with Crippen LogP contribution < -0.4 is 0 Å². The van der Waals surface area contributed by atoms with Crippen molar-refractivity contribution in [1.29, 1.82) is 0 Å². The van der Waals surface area contributed by atoms with E-state index in [1.54, 1.807) is 0 Å². The van der Waals surface area contributed by atoms with E-state index in [2.05, 4.69) is 34.6 Å². The van der Waals surface area contributed by atoms with E-state index in [-0.39, 0.29) is 0 Å². The van der Waals surface area contributed by atoms with E-state index in [1.165, 1.54) is 77.0 Å². The van der Waals surface area contributed by atoms with Gasteiger partial charge in [0.05, 0.1) is 6.10 Å². The molecule has 1 nitrogen and oxygen atoms in total. The Morgan fingerprint density at radius 1 is 0.857 bits per heavy atom. The van der Waals surface area contributed by atoms with Crippen molar-refractivity contribution < 1.29 is 4.74 Å². The van der Waals surface area contributed by atoms with E-state index in [4.69, 9.17) is 4.74 Å². The Kier molecular flexibility index (Phi) is 4.78. The molecule has 0 radical (unpaired) electrons. The SMILES string of the molecule is CC(C)CCC[C@@H](C)[C@H]1CC[C@H]2[C@@H]3CC[C@@]45O[C@@H]4CCC[C@]5(C)[C@H]3CC[C@]12C. The highest BCUT2D eigenvalue weighted by Crippen LogP contribution is 2.73. The molecule has 160 valence electrons. The van der Waals surface area contributed by atoms with Gasteiger partial charge in [0.1, 0.15) is 5.60 Å². The first-order valence-electron chi connectivity index (χ1n) is 13.0. The summed E-state index contributed by atoms with van der Waals surface area (Å²) in [6.45, 7) is 12.8. The Morgan fingerprint density at radius 3 is 2.46 bits per heavy atom. The lowest BCUT2D eigenvalue weighted by atomic mass is 9.44. The lowest BCUT2D eigenvalue weighted by Crippen LogP contribution is -2.57. The van der Waals surface area contributed by atoms with Crippen LogP contribution in [0.5, 0.6) is 0 Å². The molecule has 0 aromatic carbocycles. The maximum absolute atomic E-state index is 6.48. The highest BCUT2D eigenvalue weighted by Gasteiger charge is 2.73. The van der Waals surface area contributed by atoms with Crippen LogP contribution in [-0.4, -0.2) is 11.7 Å². The fraction of sp³-hybridized carbons (Fsp3) is 1.00. The molecule has 1 heteroatoms. The highest BCUT2D eigenvalue weighted by atomic mass is 16.6. The van der Waals surface area contributed by atoms with Gasteiger partial charge >= 0.3 is 0 Å². The zero-order valence-corrected chi connectivity index (χ0v) is 19.4. The van der Waals surface area contributed by atoms with Crippen LogP contribution in [0.25, 0.3) is 0 Å². The minimum absolute atomic E-state index is 0.322. The molecule has 9 atom stereocenters. The van der Waals surface area contributed by atoms with Gasteiger partial charge in [-0.15, -0.1) is 0 Å². The van der Waals surface area contributed by atoms with Crippen LogP contribution in [0.15, 0.2) is 0 Å². The quantitative estimate of drug-likeness (QED) is 0.442. The van der Waals surface area contributed by atoms with Crippen molar-refractivity contribution in [3.63, 3.8) is 0 Å². The fourth-order valence-electron chi connectivity index (χ4n) is 9.77. The normalized spacial score (nSPS) is 53.1. The molecule has 0 aromatic heterocycles. The molecule has 0 amide bonds. The van der Waals surface area contributed by atoms with Crippen LogP contribution in [0.4, 0.5) is 0 Å². The standard InChI is InChI=1S/C27H46O/c1-18(2)8-6-9-19(3)21-11-12-22-20-13-17-27-24(28-27)10-7-15-26(27,5)23(20)14-16-25(21,22)4/h18-24H,6-17H2,1-5H3/t19-,20+,21-,22+,23+,24-,25-,26-,27-/m1/s1. The monoisotopic (exact) mass is 386 g/mol. The fourth-order valence-corrected chi connectivity index (χ4v) is 9.77. The van der Waals surface area contributed by atoms with Gasteiger partial charge < -0.3 is 4.74 Å².